The van der Waals surface area contributed by atoms with E-state index in [1.165, 1.54) is 11.8 Å². The van der Waals surface area contributed by atoms with Crippen LogP contribution in [0.2, 0.25) is 0 Å². The lowest BCUT2D eigenvalue weighted by Gasteiger charge is -2.11. The molecule has 8 heteroatoms. The molecule has 1 aromatic heterocycles. The summed E-state index contributed by atoms with van der Waals surface area (Å²) in [4.78, 5) is 12.3. The SMILES string of the molecule is CCOc1ccccc1NC(=O)CSc1nnc(COc2ccccc2)n1C. The zero-order valence-electron chi connectivity index (χ0n) is 15.8. The van der Waals surface area contributed by atoms with Gasteiger partial charge in [-0.1, -0.05) is 42.1 Å². The topological polar surface area (TPSA) is 78.3 Å². The Kier molecular flexibility index (Phi) is 6.91. The summed E-state index contributed by atoms with van der Waals surface area (Å²) in [5.41, 5.74) is 0.657. The number of carbonyl (C=O) groups is 1. The van der Waals surface area contributed by atoms with Crippen LogP contribution in [0.5, 0.6) is 11.5 Å². The van der Waals surface area contributed by atoms with Gasteiger partial charge in [0.15, 0.2) is 11.0 Å². The monoisotopic (exact) mass is 398 g/mol. The van der Waals surface area contributed by atoms with E-state index in [1.54, 1.807) is 0 Å². The van der Waals surface area contributed by atoms with Gasteiger partial charge in [0.2, 0.25) is 5.91 Å². The van der Waals surface area contributed by atoms with Crippen LogP contribution in [0.4, 0.5) is 5.69 Å². The Morgan fingerprint density at radius 2 is 1.82 bits per heavy atom. The molecule has 3 rings (SSSR count). The number of nitrogens with zero attached hydrogens (tertiary/aromatic N) is 3. The van der Waals surface area contributed by atoms with Crippen LogP contribution in [-0.2, 0) is 18.4 Å². The molecule has 146 valence electrons. The Bertz CT molecular complexity index is 915. The maximum absolute atomic E-state index is 12.3. The van der Waals surface area contributed by atoms with Crippen molar-refractivity contribution in [1.29, 1.82) is 0 Å². The van der Waals surface area contributed by atoms with E-state index in [-0.39, 0.29) is 11.7 Å². The van der Waals surface area contributed by atoms with Gasteiger partial charge in [-0.3, -0.25) is 4.79 Å². The number of anilines is 1. The number of nitrogens with one attached hydrogen (secondary N) is 1. The first-order valence-corrected chi connectivity index (χ1v) is 9.86. The van der Waals surface area contributed by atoms with Gasteiger partial charge >= 0.3 is 0 Å². The largest absolute Gasteiger partial charge is 0.492 e. The van der Waals surface area contributed by atoms with Crippen LogP contribution >= 0.6 is 11.8 Å². The number of thioether (sulfide) groups is 1. The van der Waals surface area contributed by atoms with Crippen molar-refractivity contribution in [3.63, 3.8) is 0 Å². The third-order valence-corrected chi connectivity index (χ3v) is 4.85. The number of hydrogen-bond acceptors (Lipinski definition) is 6. The molecule has 0 saturated carbocycles. The zero-order valence-corrected chi connectivity index (χ0v) is 16.6. The van der Waals surface area contributed by atoms with Crippen molar-refractivity contribution in [3.8, 4) is 11.5 Å². The summed E-state index contributed by atoms with van der Waals surface area (Å²) < 4.78 is 13.1. The average Bonchev–Trinajstić information content (AvgIpc) is 3.07. The second-order valence-electron chi connectivity index (χ2n) is 5.83. The fraction of sp³-hybridized carbons (Fsp3) is 0.250. The molecular weight excluding hydrogens is 376 g/mol. The minimum absolute atomic E-state index is 0.137. The van der Waals surface area contributed by atoms with E-state index in [2.05, 4.69) is 15.5 Å². The van der Waals surface area contributed by atoms with Crippen LogP contribution in [-0.4, -0.2) is 33.0 Å². The normalized spacial score (nSPS) is 10.5. The Hall–Kier alpha value is -3.00. The minimum Gasteiger partial charge on any atom is -0.492 e. The summed E-state index contributed by atoms with van der Waals surface area (Å²) in [5.74, 6) is 2.19. The van der Waals surface area contributed by atoms with Crippen LogP contribution in [0, 0.1) is 0 Å². The molecule has 0 aliphatic carbocycles. The van der Waals surface area contributed by atoms with Crippen molar-refractivity contribution in [2.75, 3.05) is 17.7 Å². The van der Waals surface area contributed by atoms with Crippen molar-refractivity contribution in [1.82, 2.24) is 14.8 Å². The molecule has 0 atom stereocenters. The van der Waals surface area contributed by atoms with E-state index in [4.69, 9.17) is 9.47 Å². The Morgan fingerprint density at radius 1 is 1.07 bits per heavy atom. The van der Waals surface area contributed by atoms with Crippen LogP contribution in [0.3, 0.4) is 0 Å². The lowest BCUT2D eigenvalue weighted by Crippen LogP contribution is -2.15. The van der Waals surface area contributed by atoms with Gasteiger partial charge in [0, 0.05) is 7.05 Å². The van der Waals surface area contributed by atoms with E-state index in [1.807, 2.05) is 73.1 Å². The molecule has 0 saturated heterocycles. The molecule has 0 bridgehead atoms. The Labute approximate surface area is 168 Å². The van der Waals surface area contributed by atoms with Gasteiger partial charge in [-0.15, -0.1) is 10.2 Å². The van der Waals surface area contributed by atoms with Crippen LogP contribution in [0.15, 0.2) is 59.8 Å². The van der Waals surface area contributed by atoms with Gasteiger partial charge < -0.3 is 19.4 Å². The molecule has 0 unspecified atom stereocenters. The van der Waals surface area contributed by atoms with Gasteiger partial charge in [0.05, 0.1) is 18.0 Å². The minimum atomic E-state index is -0.137. The van der Waals surface area contributed by atoms with Crippen LogP contribution in [0.25, 0.3) is 0 Å². The summed E-state index contributed by atoms with van der Waals surface area (Å²) in [7, 11) is 1.86. The highest BCUT2D eigenvalue weighted by atomic mass is 32.2. The number of benzene rings is 2. The lowest BCUT2D eigenvalue weighted by molar-refractivity contribution is -0.113. The van der Waals surface area contributed by atoms with Gasteiger partial charge in [-0.05, 0) is 31.2 Å². The van der Waals surface area contributed by atoms with E-state index in [9.17, 15) is 4.79 Å². The summed E-state index contributed by atoms with van der Waals surface area (Å²) in [5, 5.41) is 11.8. The second-order valence-corrected chi connectivity index (χ2v) is 6.77. The number of para-hydroxylation sites is 3. The predicted octanol–water partition coefficient (Wildman–Crippen LogP) is 3.52. The Balaban J connectivity index is 1.53. The third-order valence-electron chi connectivity index (χ3n) is 3.83. The molecule has 1 amide bonds. The smallest absolute Gasteiger partial charge is 0.234 e. The molecule has 0 aliphatic heterocycles. The van der Waals surface area contributed by atoms with Gasteiger partial charge in [0.1, 0.15) is 18.1 Å². The Morgan fingerprint density at radius 3 is 2.61 bits per heavy atom. The lowest BCUT2D eigenvalue weighted by atomic mass is 10.3. The van der Waals surface area contributed by atoms with Crippen molar-refractivity contribution < 1.29 is 14.3 Å². The summed E-state index contributed by atoms with van der Waals surface area (Å²) in [6, 6.07) is 16.9. The van der Waals surface area contributed by atoms with E-state index in [0.29, 0.717) is 35.6 Å². The quantitative estimate of drug-likeness (QED) is 0.556. The standard InChI is InChI=1S/C20H22N4O3S/c1-3-26-17-12-8-7-11-16(17)21-19(25)14-28-20-23-22-18(24(20)2)13-27-15-9-5-4-6-10-15/h4-12H,3,13-14H2,1-2H3,(H,21,25). The maximum Gasteiger partial charge on any atom is 0.234 e. The molecule has 1 N–H and O–H groups in total. The molecule has 28 heavy (non-hydrogen) atoms. The fourth-order valence-electron chi connectivity index (χ4n) is 2.43. The first-order chi connectivity index (χ1) is 13.7. The van der Waals surface area contributed by atoms with Crippen molar-refractivity contribution >= 4 is 23.4 Å². The number of hydrogen-bond donors (Lipinski definition) is 1. The summed E-state index contributed by atoms with van der Waals surface area (Å²) in [6.07, 6.45) is 0. The highest BCUT2D eigenvalue weighted by molar-refractivity contribution is 7.99. The van der Waals surface area contributed by atoms with Crippen molar-refractivity contribution in [2.24, 2.45) is 7.05 Å². The molecule has 0 fully saturated rings. The second kappa shape index (κ2) is 9.80. The molecular formula is C20H22N4O3S. The fourth-order valence-corrected chi connectivity index (χ4v) is 3.16. The predicted molar refractivity (Wildman–Crippen MR) is 109 cm³/mol. The molecule has 3 aromatic rings. The van der Waals surface area contributed by atoms with Crippen LogP contribution in [0.1, 0.15) is 12.7 Å². The summed E-state index contributed by atoms with van der Waals surface area (Å²) in [6.45, 7) is 2.75. The number of carbonyl (C=O) groups excluding carboxylic acids is 1. The van der Waals surface area contributed by atoms with Gasteiger partial charge in [0.25, 0.3) is 0 Å². The first kappa shape index (κ1) is 19.8. The number of aromatic nitrogens is 3. The molecule has 1 heterocycles. The van der Waals surface area contributed by atoms with Crippen molar-refractivity contribution in [2.45, 2.75) is 18.7 Å². The van der Waals surface area contributed by atoms with Crippen molar-refractivity contribution in [3.05, 3.63) is 60.4 Å². The van der Waals surface area contributed by atoms with Gasteiger partial charge in [-0.25, -0.2) is 0 Å². The highest BCUT2D eigenvalue weighted by Gasteiger charge is 2.13. The molecule has 2 aromatic carbocycles. The molecule has 7 nitrogen and oxygen atoms in total. The van der Waals surface area contributed by atoms with E-state index in [0.717, 1.165) is 5.75 Å². The number of ether oxygens (including phenoxy) is 2. The first-order valence-electron chi connectivity index (χ1n) is 8.88. The molecule has 0 radical (unpaired) electrons. The van der Waals surface area contributed by atoms with E-state index >= 15 is 0 Å². The molecule has 0 spiro atoms. The maximum atomic E-state index is 12.3. The highest BCUT2D eigenvalue weighted by Crippen LogP contribution is 2.24. The number of rotatable bonds is 9. The van der Waals surface area contributed by atoms with Gasteiger partial charge in [-0.2, -0.15) is 0 Å². The average molecular weight is 398 g/mol. The number of amides is 1. The summed E-state index contributed by atoms with van der Waals surface area (Å²) >= 11 is 1.32. The third kappa shape index (κ3) is 5.26. The molecule has 0 aliphatic rings. The van der Waals surface area contributed by atoms with Crippen LogP contribution < -0.4 is 14.8 Å². The zero-order chi connectivity index (χ0) is 19.8. The van der Waals surface area contributed by atoms with E-state index < -0.39 is 0 Å².